The van der Waals surface area contributed by atoms with E-state index in [0.717, 1.165) is 12.3 Å². The molecular weight excluding hydrogens is 282 g/mol. The Morgan fingerprint density at radius 2 is 2.11 bits per heavy atom. The van der Waals surface area contributed by atoms with Gasteiger partial charge in [-0.1, -0.05) is 6.92 Å². The van der Waals surface area contributed by atoms with Gasteiger partial charge in [-0.15, -0.1) is 0 Å². The molecule has 1 aromatic rings. The van der Waals surface area contributed by atoms with Gasteiger partial charge in [-0.3, -0.25) is 0 Å². The van der Waals surface area contributed by atoms with E-state index < -0.39 is 10.0 Å². The summed E-state index contributed by atoms with van der Waals surface area (Å²) < 4.78 is 24.9. The van der Waals surface area contributed by atoms with Gasteiger partial charge in [-0.25, -0.2) is 17.7 Å². The van der Waals surface area contributed by atoms with Crippen molar-refractivity contribution in [3.63, 3.8) is 0 Å². The highest BCUT2D eigenvalue weighted by molar-refractivity contribution is 7.98. The number of hydrogen-bond acceptors (Lipinski definition) is 5. The van der Waals surface area contributed by atoms with E-state index in [1.807, 2.05) is 11.8 Å². The standard InChI is InChI=1S/C12H21N3O2S2/c1-10(9-18-4)7-13-12-6-5-11(8-14-12)19(16,17)15(2)3/h5-6,8,10H,7,9H2,1-4H3,(H,13,14). The van der Waals surface area contributed by atoms with Crippen LogP contribution in [0, 0.1) is 5.92 Å². The van der Waals surface area contributed by atoms with Gasteiger partial charge in [-0.05, 0) is 30.1 Å². The number of aromatic nitrogens is 1. The number of anilines is 1. The van der Waals surface area contributed by atoms with E-state index in [2.05, 4.69) is 23.5 Å². The fourth-order valence-corrected chi connectivity index (χ4v) is 3.00. The largest absolute Gasteiger partial charge is 0.370 e. The average molecular weight is 303 g/mol. The molecule has 1 heterocycles. The zero-order valence-electron chi connectivity index (χ0n) is 11.8. The molecule has 19 heavy (non-hydrogen) atoms. The molecule has 0 saturated heterocycles. The van der Waals surface area contributed by atoms with Gasteiger partial charge >= 0.3 is 0 Å². The Morgan fingerprint density at radius 3 is 2.58 bits per heavy atom. The van der Waals surface area contributed by atoms with Crippen LogP contribution in [0.2, 0.25) is 0 Å². The first-order valence-corrected chi connectivity index (χ1v) is 8.82. The van der Waals surface area contributed by atoms with Crippen molar-refractivity contribution in [1.82, 2.24) is 9.29 Å². The molecule has 1 atom stereocenters. The highest BCUT2D eigenvalue weighted by Crippen LogP contribution is 2.14. The SMILES string of the molecule is CSCC(C)CNc1ccc(S(=O)(=O)N(C)C)cn1. The molecule has 0 saturated carbocycles. The van der Waals surface area contributed by atoms with Gasteiger partial charge in [0.15, 0.2) is 0 Å². The number of pyridine rings is 1. The smallest absolute Gasteiger partial charge is 0.244 e. The summed E-state index contributed by atoms with van der Waals surface area (Å²) in [4.78, 5) is 4.34. The van der Waals surface area contributed by atoms with E-state index in [4.69, 9.17) is 0 Å². The third-order valence-corrected chi connectivity index (χ3v) is 5.30. The molecule has 0 amide bonds. The van der Waals surface area contributed by atoms with Gasteiger partial charge in [0.1, 0.15) is 10.7 Å². The molecule has 0 spiro atoms. The molecule has 0 aromatic carbocycles. The Morgan fingerprint density at radius 1 is 1.42 bits per heavy atom. The molecular formula is C12H21N3O2S2. The lowest BCUT2D eigenvalue weighted by Crippen LogP contribution is -2.22. The Balaban J connectivity index is 2.67. The van der Waals surface area contributed by atoms with Crippen molar-refractivity contribution in [2.75, 3.05) is 38.0 Å². The number of rotatable bonds is 7. The van der Waals surface area contributed by atoms with E-state index in [0.29, 0.717) is 11.7 Å². The zero-order valence-corrected chi connectivity index (χ0v) is 13.4. The second-order valence-corrected chi connectivity index (χ2v) is 7.67. The van der Waals surface area contributed by atoms with E-state index in [9.17, 15) is 8.42 Å². The van der Waals surface area contributed by atoms with Crippen LogP contribution in [0.1, 0.15) is 6.92 Å². The van der Waals surface area contributed by atoms with E-state index in [1.165, 1.54) is 24.6 Å². The summed E-state index contributed by atoms with van der Waals surface area (Å²) in [5.74, 6) is 2.33. The molecule has 0 fully saturated rings. The minimum atomic E-state index is -3.39. The Bertz CT molecular complexity index is 486. The number of nitrogens with one attached hydrogen (secondary N) is 1. The maximum absolute atomic E-state index is 11.9. The van der Waals surface area contributed by atoms with Crippen molar-refractivity contribution in [2.24, 2.45) is 5.92 Å². The first-order chi connectivity index (χ1) is 8.87. The summed E-state index contributed by atoms with van der Waals surface area (Å²) in [5.41, 5.74) is 0. The van der Waals surface area contributed by atoms with Crippen molar-refractivity contribution in [3.8, 4) is 0 Å². The Labute approximate surface area is 119 Å². The van der Waals surface area contributed by atoms with Crippen molar-refractivity contribution in [3.05, 3.63) is 18.3 Å². The molecule has 7 heteroatoms. The lowest BCUT2D eigenvalue weighted by atomic mass is 10.2. The predicted molar refractivity (Wildman–Crippen MR) is 81.1 cm³/mol. The second kappa shape index (κ2) is 7.12. The molecule has 5 nitrogen and oxygen atoms in total. The molecule has 0 bridgehead atoms. The summed E-state index contributed by atoms with van der Waals surface area (Å²) in [6.07, 6.45) is 3.46. The minimum absolute atomic E-state index is 0.209. The lowest BCUT2D eigenvalue weighted by Gasteiger charge is -2.13. The average Bonchev–Trinajstić information content (AvgIpc) is 2.37. The van der Waals surface area contributed by atoms with Crippen LogP contribution < -0.4 is 5.32 Å². The first-order valence-electron chi connectivity index (χ1n) is 5.99. The molecule has 1 rings (SSSR count). The van der Waals surface area contributed by atoms with Crippen LogP contribution in [0.3, 0.4) is 0 Å². The number of thioether (sulfide) groups is 1. The summed E-state index contributed by atoms with van der Waals surface area (Å²) in [6, 6.07) is 3.27. The van der Waals surface area contributed by atoms with E-state index in [-0.39, 0.29) is 4.90 Å². The van der Waals surface area contributed by atoms with E-state index >= 15 is 0 Å². The fourth-order valence-electron chi connectivity index (χ4n) is 1.47. The highest BCUT2D eigenvalue weighted by atomic mass is 32.2. The normalized spacial score (nSPS) is 13.5. The van der Waals surface area contributed by atoms with Gasteiger partial charge in [-0.2, -0.15) is 11.8 Å². The summed E-state index contributed by atoms with van der Waals surface area (Å²) >= 11 is 1.81. The van der Waals surface area contributed by atoms with Gasteiger partial charge in [0.2, 0.25) is 10.0 Å². The quantitative estimate of drug-likeness (QED) is 0.831. The van der Waals surface area contributed by atoms with Gasteiger partial charge in [0.05, 0.1) is 0 Å². The summed E-state index contributed by atoms with van der Waals surface area (Å²) in [6.45, 7) is 2.99. The molecule has 1 N–H and O–H groups in total. The Kier molecular flexibility index (Phi) is 6.09. The second-order valence-electron chi connectivity index (χ2n) is 4.61. The van der Waals surface area contributed by atoms with Gasteiger partial charge in [0, 0.05) is 26.8 Å². The van der Waals surface area contributed by atoms with Crippen LogP contribution >= 0.6 is 11.8 Å². The van der Waals surface area contributed by atoms with Crippen LogP contribution in [-0.4, -0.2) is 50.4 Å². The van der Waals surface area contributed by atoms with Crippen molar-refractivity contribution in [1.29, 1.82) is 0 Å². The topological polar surface area (TPSA) is 62.3 Å². The zero-order chi connectivity index (χ0) is 14.5. The predicted octanol–water partition coefficient (Wildman–Crippen LogP) is 1.74. The van der Waals surface area contributed by atoms with E-state index in [1.54, 1.807) is 12.1 Å². The molecule has 0 radical (unpaired) electrons. The Hall–Kier alpha value is -0.790. The molecule has 1 unspecified atom stereocenters. The first kappa shape index (κ1) is 16.3. The van der Waals surface area contributed by atoms with Crippen LogP contribution in [0.4, 0.5) is 5.82 Å². The molecule has 0 aliphatic carbocycles. The van der Waals surface area contributed by atoms with Crippen LogP contribution in [0.15, 0.2) is 23.2 Å². The maximum Gasteiger partial charge on any atom is 0.244 e. The number of nitrogens with zero attached hydrogens (tertiary/aromatic N) is 2. The van der Waals surface area contributed by atoms with Crippen LogP contribution in [0.25, 0.3) is 0 Å². The molecule has 0 aliphatic rings. The van der Waals surface area contributed by atoms with Crippen molar-refractivity contribution >= 4 is 27.6 Å². The fraction of sp³-hybridized carbons (Fsp3) is 0.583. The van der Waals surface area contributed by atoms with Gasteiger partial charge < -0.3 is 5.32 Å². The highest BCUT2D eigenvalue weighted by Gasteiger charge is 2.17. The molecule has 108 valence electrons. The number of hydrogen-bond donors (Lipinski definition) is 1. The maximum atomic E-state index is 11.9. The van der Waals surface area contributed by atoms with Gasteiger partial charge in [0.25, 0.3) is 0 Å². The van der Waals surface area contributed by atoms with Crippen LogP contribution in [0.5, 0.6) is 0 Å². The summed E-state index contributed by atoms with van der Waals surface area (Å²) in [5, 5.41) is 3.20. The molecule has 0 aliphatic heterocycles. The third kappa shape index (κ3) is 4.67. The number of sulfonamides is 1. The van der Waals surface area contributed by atoms with Crippen LogP contribution in [-0.2, 0) is 10.0 Å². The summed E-state index contributed by atoms with van der Waals surface area (Å²) in [7, 11) is -0.383. The molecule has 1 aromatic heterocycles. The van der Waals surface area contributed by atoms with Crippen molar-refractivity contribution < 1.29 is 8.42 Å². The van der Waals surface area contributed by atoms with Crippen molar-refractivity contribution in [2.45, 2.75) is 11.8 Å². The monoisotopic (exact) mass is 303 g/mol. The lowest BCUT2D eigenvalue weighted by molar-refractivity contribution is 0.520. The minimum Gasteiger partial charge on any atom is -0.370 e. The third-order valence-electron chi connectivity index (χ3n) is 2.60.